The average molecular weight is 490 g/mol. The second kappa shape index (κ2) is 11.6. The Bertz CT molecular complexity index is 1220. The number of carbonyl (C=O) groups is 2. The van der Waals surface area contributed by atoms with Gasteiger partial charge in [0, 0.05) is 13.1 Å². The van der Waals surface area contributed by atoms with Crippen LogP contribution in [0.25, 0.3) is 11.6 Å². The van der Waals surface area contributed by atoms with E-state index in [4.69, 9.17) is 14.2 Å². The van der Waals surface area contributed by atoms with E-state index in [0.717, 1.165) is 16.7 Å². The van der Waals surface area contributed by atoms with E-state index >= 15 is 0 Å². The monoisotopic (exact) mass is 489 g/mol. The maximum atomic E-state index is 12.7. The van der Waals surface area contributed by atoms with Crippen LogP contribution in [0.2, 0.25) is 0 Å². The Morgan fingerprint density at radius 1 is 1.17 bits per heavy atom. The molecule has 1 fully saturated rings. The van der Waals surface area contributed by atoms with Gasteiger partial charge < -0.3 is 24.4 Å². The number of carbonyl (C=O) groups excluding carboxylic acids is 2. The van der Waals surface area contributed by atoms with Crippen molar-refractivity contribution in [3.8, 4) is 17.6 Å². The van der Waals surface area contributed by atoms with E-state index in [9.17, 15) is 14.9 Å². The Hall–Kier alpha value is -4.09. The molecule has 0 spiro atoms. The summed E-state index contributed by atoms with van der Waals surface area (Å²) in [7, 11) is 1.45. The summed E-state index contributed by atoms with van der Waals surface area (Å²) in [5, 5.41) is 12.4. The van der Waals surface area contributed by atoms with Gasteiger partial charge in [0.15, 0.2) is 11.5 Å². The number of methoxy groups -OCH3 is 1. The SMILES string of the molecule is C=C(C)c1cccc(C(C)(C)NC(=O)Oc2ccc(/C=C(\C#N)C(=O)N3CCOCC3)cc2OC)c1. The third-order valence-corrected chi connectivity index (χ3v) is 5.84. The fourth-order valence-corrected chi connectivity index (χ4v) is 3.73. The molecular weight excluding hydrogens is 458 g/mol. The topological polar surface area (TPSA) is 101 Å². The van der Waals surface area contributed by atoms with Gasteiger partial charge in [-0.05, 0) is 61.7 Å². The van der Waals surface area contributed by atoms with Gasteiger partial charge in [0.25, 0.3) is 5.91 Å². The lowest BCUT2D eigenvalue weighted by molar-refractivity contribution is -0.130. The number of amides is 2. The van der Waals surface area contributed by atoms with Gasteiger partial charge >= 0.3 is 6.09 Å². The second-order valence-corrected chi connectivity index (χ2v) is 8.99. The van der Waals surface area contributed by atoms with Crippen molar-refractivity contribution < 1.29 is 23.8 Å². The predicted octanol–water partition coefficient (Wildman–Crippen LogP) is 4.52. The van der Waals surface area contributed by atoms with Crippen molar-refractivity contribution >= 4 is 23.6 Å². The number of allylic oxidation sites excluding steroid dienone is 1. The molecule has 2 aromatic rings. The van der Waals surface area contributed by atoms with Crippen LogP contribution in [0, 0.1) is 11.3 Å². The summed E-state index contributed by atoms with van der Waals surface area (Å²) in [6.45, 7) is 11.4. The zero-order chi connectivity index (χ0) is 26.3. The fraction of sp³-hybridized carbons (Fsp3) is 0.321. The average Bonchev–Trinajstić information content (AvgIpc) is 2.87. The number of hydrogen-bond acceptors (Lipinski definition) is 6. The first-order chi connectivity index (χ1) is 17.1. The Balaban J connectivity index is 1.74. The third kappa shape index (κ3) is 6.52. The number of ether oxygens (including phenoxy) is 3. The molecule has 1 saturated heterocycles. The smallest absolute Gasteiger partial charge is 0.413 e. The minimum absolute atomic E-state index is 0.00380. The number of nitrogens with one attached hydrogen (secondary N) is 1. The normalized spacial score (nSPS) is 14.0. The number of hydrogen-bond donors (Lipinski definition) is 1. The Morgan fingerprint density at radius 2 is 1.89 bits per heavy atom. The Morgan fingerprint density at radius 3 is 2.53 bits per heavy atom. The highest BCUT2D eigenvalue weighted by Crippen LogP contribution is 2.30. The summed E-state index contributed by atoms with van der Waals surface area (Å²) in [5.74, 6) is 0.145. The molecule has 188 valence electrons. The summed E-state index contributed by atoms with van der Waals surface area (Å²) in [6, 6.07) is 14.6. The molecule has 1 heterocycles. The van der Waals surface area contributed by atoms with Gasteiger partial charge in [-0.2, -0.15) is 5.26 Å². The molecule has 0 radical (unpaired) electrons. The van der Waals surface area contributed by atoms with Crippen LogP contribution in [0.4, 0.5) is 4.79 Å². The van der Waals surface area contributed by atoms with E-state index in [1.54, 1.807) is 23.1 Å². The predicted molar refractivity (Wildman–Crippen MR) is 137 cm³/mol. The molecule has 2 aromatic carbocycles. The zero-order valence-electron chi connectivity index (χ0n) is 21.1. The van der Waals surface area contributed by atoms with Gasteiger partial charge in [0.05, 0.1) is 25.9 Å². The molecule has 8 heteroatoms. The molecule has 0 aromatic heterocycles. The first-order valence-corrected chi connectivity index (χ1v) is 11.6. The van der Waals surface area contributed by atoms with Crippen LogP contribution in [0.1, 0.15) is 37.5 Å². The molecular formula is C28H31N3O5. The van der Waals surface area contributed by atoms with Gasteiger partial charge in [-0.25, -0.2) is 4.79 Å². The lowest BCUT2D eigenvalue weighted by Crippen LogP contribution is -2.42. The number of rotatable bonds is 7. The maximum Gasteiger partial charge on any atom is 0.413 e. The van der Waals surface area contributed by atoms with Crippen LogP contribution in [0.15, 0.2) is 54.6 Å². The highest BCUT2D eigenvalue weighted by Gasteiger charge is 2.25. The first kappa shape index (κ1) is 26.5. The van der Waals surface area contributed by atoms with Crippen LogP contribution >= 0.6 is 0 Å². The number of nitrogens with zero attached hydrogens (tertiary/aromatic N) is 2. The molecule has 0 unspecified atom stereocenters. The molecule has 1 N–H and O–H groups in total. The van der Waals surface area contributed by atoms with Crippen molar-refractivity contribution in [2.75, 3.05) is 33.4 Å². The first-order valence-electron chi connectivity index (χ1n) is 11.6. The zero-order valence-corrected chi connectivity index (χ0v) is 21.1. The molecule has 8 nitrogen and oxygen atoms in total. The maximum absolute atomic E-state index is 12.7. The minimum atomic E-state index is -0.708. The summed E-state index contributed by atoms with van der Waals surface area (Å²) in [4.78, 5) is 27.0. The van der Waals surface area contributed by atoms with Crippen molar-refractivity contribution in [2.24, 2.45) is 0 Å². The van der Waals surface area contributed by atoms with Gasteiger partial charge in [0.1, 0.15) is 11.6 Å². The second-order valence-electron chi connectivity index (χ2n) is 8.99. The molecule has 0 atom stereocenters. The molecule has 0 saturated carbocycles. The van der Waals surface area contributed by atoms with E-state index in [2.05, 4.69) is 11.9 Å². The molecule has 0 aliphatic carbocycles. The lowest BCUT2D eigenvalue weighted by Gasteiger charge is -2.27. The van der Waals surface area contributed by atoms with Crippen LogP contribution in [-0.4, -0.2) is 50.3 Å². The van der Waals surface area contributed by atoms with E-state index in [1.165, 1.54) is 13.2 Å². The summed E-state index contributed by atoms with van der Waals surface area (Å²) >= 11 is 0. The summed E-state index contributed by atoms with van der Waals surface area (Å²) in [5.41, 5.74) is 2.69. The molecule has 2 amide bonds. The van der Waals surface area contributed by atoms with E-state index in [1.807, 2.05) is 51.1 Å². The molecule has 36 heavy (non-hydrogen) atoms. The van der Waals surface area contributed by atoms with Gasteiger partial charge in [-0.1, -0.05) is 36.4 Å². The van der Waals surface area contributed by atoms with Crippen LogP contribution in [-0.2, 0) is 15.1 Å². The van der Waals surface area contributed by atoms with Crippen LogP contribution < -0.4 is 14.8 Å². The molecule has 1 aliphatic rings. The summed E-state index contributed by atoms with van der Waals surface area (Å²) < 4.78 is 16.2. The van der Waals surface area contributed by atoms with Crippen LogP contribution in [0.3, 0.4) is 0 Å². The Labute approximate surface area is 211 Å². The fourth-order valence-electron chi connectivity index (χ4n) is 3.73. The Kier molecular flexibility index (Phi) is 8.51. The van der Waals surface area contributed by atoms with Gasteiger partial charge in [-0.3, -0.25) is 4.79 Å². The van der Waals surface area contributed by atoms with E-state index < -0.39 is 11.6 Å². The van der Waals surface area contributed by atoms with Crippen molar-refractivity contribution in [1.29, 1.82) is 5.26 Å². The largest absolute Gasteiger partial charge is 0.493 e. The van der Waals surface area contributed by atoms with E-state index in [0.29, 0.717) is 31.9 Å². The number of morpholine rings is 1. The standard InChI is InChI=1S/C28H31N3O5/c1-19(2)21-7-6-8-23(17-21)28(3,4)30-27(33)36-24-10-9-20(16-25(24)34-5)15-22(18-29)26(32)31-11-13-35-14-12-31/h6-10,15-17H,1,11-14H2,2-5H3,(H,30,33)/b22-15+. The highest BCUT2D eigenvalue weighted by atomic mass is 16.6. The van der Waals surface area contributed by atoms with Crippen molar-refractivity contribution in [3.63, 3.8) is 0 Å². The third-order valence-electron chi connectivity index (χ3n) is 5.84. The molecule has 0 bridgehead atoms. The van der Waals surface area contributed by atoms with Crippen molar-refractivity contribution in [2.45, 2.75) is 26.3 Å². The quantitative estimate of drug-likeness (QED) is 0.453. The summed E-state index contributed by atoms with van der Waals surface area (Å²) in [6.07, 6.45) is 0.838. The van der Waals surface area contributed by atoms with Gasteiger partial charge in [-0.15, -0.1) is 0 Å². The van der Waals surface area contributed by atoms with E-state index in [-0.39, 0.29) is 23.0 Å². The number of nitriles is 1. The van der Waals surface area contributed by atoms with Crippen LogP contribution in [0.5, 0.6) is 11.5 Å². The van der Waals surface area contributed by atoms with Crippen molar-refractivity contribution in [3.05, 3.63) is 71.3 Å². The molecule has 1 aliphatic heterocycles. The molecule has 3 rings (SSSR count). The highest BCUT2D eigenvalue weighted by molar-refractivity contribution is 6.01. The number of benzene rings is 2. The minimum Gasteiger partial charge on any atom is -0.493 e. The van der Waals surface area contributed by atoms with Crippen molar-refractivity contribution in [1.82, 2.24) is 10.2 Å². The lowest BCUT2D eigenvalue weighted by atomic mass is 9.92. The van der Waals surface area contributed by atoms with Gasteiger partial charge in [0.2, 0.25) is 0 Å².